The molecule has 0 aliphatic carbocycles. The van der Waals surface area contributed by atoms with Gasteiger partial charge in [0.1, 0.15) is 17.0 Å². The summed E-state index contributed by atoms with van der Waals surface area (Å²) < 4.78 is 3.51. The second-order valence-electron chi connectivity index (χ2n) is 5.24. The second kappa shape index (κ2) is 5.20. The van der Waals surface area contributed by atoms with Crippen molar-refractivity contribution < 1.29 is 5.11 Å². The zero-order valence-corrected chi connectivity index (χ0v) is 13.2. The van der Waals surface area contributed by atoms with E-state index in [2.05, 4.69) is 10.3 Å². The fourth-order valence-corrected chi connectivity index (χ4v) is 3.69. The third kappa shape index (κ3) is 2.20. The number of aromatic nitrogens is 2. The summed E-state index contributed by atoms with van der Waals surface area (Å²) in [5.41, 5.74) is 3.31. The highest BCUT2D eigenvalue weighted by Gasteiger charge is 2.28. The lowest BCUT2D eigenvalue weighted by Crippen LogP contribution is -2.31. The smallest absolute Gasteiger partial charge is 0.274 e. The normalized spacial score (nSPS) is 15.6. The van der Waals surface area contributed by atoms with Crippen molar-refractivity contribution >= 4 is 17.5 Å². The van der Waals surface area contributed by atoms with E-state index in [1.54, 1.807) is 30.6 Å². The van der Waals surface area contributed by atoms with Crippen LogP contribution in [-0.2, 0) is 0 Å². The van der Waals surface area contributed by atoms with E-state index < -0.39 is 0 Å². The van der Waals surface area contributed by atoms with Crippen molar-refractivity contribution in [1.82, 2.24) is 19.2 Å². The van der Waals surface area contributed by atoms with Crippen LogP contribution < -0.4 is 10.9 Å². The minimum Gasteiger partial charge on any atom is -0.508 e. The maximum atomic E-state index is 12.9. The van der Waals surface area contributed by atoms with Crippen molar-refractivity contribution in [3.8, 4) is 11.4 Å². The Labute approximate surface area is 136 Å². The molecule has 6 nitrogen and oxygen atoms in total. The van der Waals surface area contributed by atoms with Gasteiger partial charge in [-0.2, -0.15) is 0 Å². The van der Waals surface area contributed by atoms with Gasteiger partial charge < -0.3 is 14.7 Å². The number of allylic oxidation sites excluding steroid dienone is 1. The van der Waals surface area contributed by atoms with Gasteiger partial charge in [-0.15, -0.1) is 0 Å². The van der Waals surface area contributed by atoms with Gasteiger partial charge in [0.15, 0.2) is 0 Å². The summed E-state index contributed by atoms with van der Waals surface area (Å²) >= 11 is 1.40. The lowest BCUT2D eigenvalue weighted by Gasteiger charge is -2.31. The summed E-state index contributed by atoms with van der Waals surface area (Å²) in [5, 5.41) is 12.5. The molecular formula is C16H14N4O2S. The number of phenolic OH excluding ortho intramolecular Hbond substituents is 1. The molecule has 23 heavy (non-hydrogen) atoms. The standard InChI is InChI=1S/C16H14N4O2S/c1-17-13-6-7-19-8-12(13)14-15(23-19)16(22)20(9-18-14)10-2-4-11(21)5-3-10/h2-7,9,17,21H,8H2,1H3. The van der Waals surface area contributed by atoms with Gasteiger partial charge in [-0.1, -0.05) is 0 Å². The van der Waals surface area contributed by atoms with Crippen molar-refractivity contribution in [1.29, 1.82) is 0 Å². The van der Waals surface area contributed by atoms with Crippen molar-refractivity contribution in [2.75, 3.05) is 13.6 Å². The Morgan fingerprint density at radius 1 is 1.30 bits per heavy atom. The summed E-state index contributed by atoms with van der Waals surface area (Å²) in [5.74, 6) is 0.164. The van der Waals surface area contributed by atoms with E-state index in [0.717, 1.165) is 23.5 Å². The minimum absolute atomic E-state index is 0.112. The molecule has 0 unspecified atom stereocenters. The first kappa shape index (κ1) is 14.0. The number of nitrogens with zero attached hydrogens (tertiary/aromatic N) is 3. The van der Waals surface area contributed by atoms with Crippen LogP contribution in [0, 0.1) is 0 Å². The molecule has 2 bridgehead atoms. The fraction of sp³-hybridized carbons (Fsp3) is 0.125. The van der Waals surface area contributed by atoms with Gasteiger partial charge >= 0.3 is 0 Å². The van der Waals surface area contributed by atoms with Crippen molar-refractivity contribution in [2.45, 2.75) is 4.90 Å². The number of likely N-dealkylation sites (N-methyl/N-ethyl adjacent to an activating group) is 1. The van der Waals surface area contributed by atoms with E-state index >= 15 is 0 Å². The Morgan fingerprint density at radius 2 is 2.09 bits per heavy atom. The van der Waals surface area contributed by atoms with E-state index in [9.17, 15) is 9.90 Å². The SMILES string of the molecule is CNC1=C2CN(C=C1)Sc1c2ncn(-c2ccc(O)cc2)c1=O. The molecule has 0 radical (unpaired) electrons. The van der Waals surface area contributed by atoms with Crippen LogP contribution in [-0.4, -0.2) is 32.6 Å². The topological polar surface area (TPSA) is 70.4 Å². The zero-order valence-electron chi connectivity index (χ0n) is 12.4. The third-order valence-corrected chi connectivity index (χ3v) is 4.90. The molecule has 4 rings (SSSR count). The molecule has 0 spiro atoms. The fourth-order valence-electron chi connectivity index (χ4n) is 2.70. The Hall–Kier alpha value is -2.67. The number of phenols is 1. The summed E-state index contributed by atoms with van der Waals surface area (Å²) in [6.07, 6.45) is 5.49. The average molecular weight is 326 g/mol. The molecule has 1 aromatic heterocycles. The Morgan fingerprint density at radius 3 is 2.83 bits per heavy atom. The van der Waals surface area contributed by atoms with E-state index in [4.69, 9.17) is 0 Å². The molecule has 0 amide bonds. The van der Waals surface area contributed by atoms with Crippen LogP contribution in [0.2, 0.25) is 0 Å². The quantitative estimate of drug-likeness (QED) is 0.819. The molecule has 2 N–H and O–H groups in total. The summed E-state index contributed by atoms with van der Waals surface area (Å²) in [4.78, 5) is 18.0. The van der Waals surface area contributed by atoms with E-state index in [1.165, 1.54) is 16.5 Å². The monoisotopic (exact) mass is 326 g/mol. The summed E-state index contributed by atoms with van der Waals surface area (Å²) in [6.45, 7) is 0.722. The van der Waals surface area contributed by atoms with E-state index in [1.807, 2.05) is 23.6 Å². The number of nitrogens with one attached hydrogen (secondary N) is 1. The molecule has 2 aromatic rings. The molecular weight excluding hydrogens is 312 g/mol. The van der Waals surface area contributed by atoms with Crippen molar-refractivity contribution in [3.05, 3.63) is 64.6 Å². The first-order valence-corrected chi connectivity index (χ1v) is 7.90. The molecule has 116 valence electrons. The molecule has 3 heterocycles. The van der Waals surface area contributed by atoms with Crippen molar-refractivity contribution in [3.63, 3.8) is 0 Å². The number of hydrogen-bond donors (Lipinski definition) is 2. The van der Waals surface area contributed by atoms with Crippen LogP contribution >= 0.6 is 11.9 Å². The highest BCUT2D eigenvalue weighted by Crippen LogP contribution is 2.38. The van der Waals surface area contributed by atoms with Crippen LogP contribution in [0.1, 0.15) is 5.69 Å². The van der Waals surface area contributed by atoms with Gasteiger partial charge in [-0.05, 0) is 42.3 Å². The van der Waals surface area contributed by atoms with Gasteiger partial charge in [0, 0.05) is 24.5 Å². The second-order valence-corrected chi connectivity index (χ2v) is 6.30. The predicted molar refractivity (Wildman–Crippen MR) is 89.2 cm³/mol. The first-order valence-electron chi connectivity index (χ1n) is 7.12. The van der Waals surface area contributed by atoms with Crippen LogP contribution in [0.3, 0.4) is 0 Å². The molecule has 0 saturated carbocycles. The van der Waals surface area contributed by atoms with Gasteiger partial charge in [0.2, 0.25) is 0 Å². The third-order valence-electron chi connectivity index (χ3n) is 3.87. The van der Waals surface area contributed by atoms with Gasteiger partial charge in [0.05, 0.1) is 17.9 Å². The molecule has 2 aliphatic heterocycles. The van der Waals surface area contributed by atoms with Crippen LogP contribution in [0.5, 0.6) is 5.75 Å². The largest absolute Gasteiger partial charge is 0.508 e. The predicted octanol–water partition coefficient (Wildman–Crippen LogP) is 1.72. The zero-order chi connectivity index (χ0) is 16.0. The molecule has 0 saturated heterocycles. The Bertz CT molecular complexity index is 899. The molecule has 2 aliphatic rings. The Kier molecular flexibility index (Phi) is 3.16. The lowest BCUT2D eigenvalue weighted by molar-refractivity contribution is 0.475. The number of rotatable bonds is 2. The number of fused-ring (bicyclic) bond motifs is 4. The van der Waals surface area contributed by atoms with Crippen LogP contribution in [0.15, 0.2) is 58.3 Å². The van der Waals surface area contributed by atoms with Gasteiger partial charge in [-0.3, -0.25) is 9.36 Å². The van der Waals surface area contributed by atoms with E-state index in [-0.39, 0.29) is 11.3 Å². The lowest BCUT2D eigenvalue weighted by atomic mass is 10.1. The van der Waals surface area contributed by atoms with Crippen LogP contribution in [0.25, 0.3) is 11.3 Å². The number of aromatic hydroxyl groups is 1. The molecule has 0 fully saturated rings. The van der Waals surface area contributed by atoms with Crippen LogP contribution in [0.4, 0.5) is 0 Å². The summed E-state index contributed by atoms with van der Waals surface area (Å²) in [6, 6.07) is 6.49. The number of benzene rings is 1. The highest BCUT2D eigenvalue weighted by atomic mass is 32.2. The minimum atomic E-state index is -0.112. The number of hydrogen-bond acceptors (Lipinski definition) is 6. The molecule has 1 aromatic carbocycles. The molecule has 0 atom stereocenters. The average Bonchev–Trinajstić information content (AvgIpc) is 2.57. The summed E-state index contributed by atoms with van der Waals surface area (Å²) in [7, 11) is 1.86. The van der Waals surface area contributed by atoms with E-state index in [0.29, 0.717) is 10.6 Å². The molecule has 7 heteroatoms. The van der Waals surface area contributed by atoms with Gasteiger partial charge in [0.25, 0.3) is 5.56 Å². The maximum Gasteiger partial charge on any atom is 0.274 e. The van der Waals surface area contributed by atoms with Crippen molar-refractivity contribution in [2.24, 2.45) is 0 Å². The Balaban J connectivity index is 1.89. The van der Waals surface area contributed by atoms with Gasteiger partial charge in [-0.25, -0.2) is 4.98 Å². The maximum absolute atomic E-state index is 12.9. The first-order chi connectivity index (χ1) is 11.2. The highest BCUT2D eigenvalue weighted by molar-refractivity contribution is 7.97.